The van der Waals surface area contributed by atoms with E-state index in [1.54, 1.807) is 6.08 Å². The Morgan fingerprint density at radius 3 is 2.62 bits per heavy atom. The molecule has 1 saturated heterocycles. The molecule has 1 heterocycles. The molecular formula is C9H16Cl2N2. The van der Waals surface area contributed by atoms with Crippen molar-refractivity contribution in [3.05, 3.63) is 10.6 Å². The molecule has 1 rings (SSSR count). The minimum Gasteiger partial charge on any atom is -0.326 e. The van der Waals surface area contributed by atoms with Gasteiger partial charge in [-0.25, -0.2) is 0 Å². The van der Waals surface area contributed by atoms with Gasteiger partial charge in [0.1, 0.15) is 4.49 Å². The van der Waals surface area contributed by atoms with Crippen molar-refractivity contribution < 1.29 is 0 Å². The van der Waals surface area contributed by atoms with Gasteiger partial charge >= 0.3 is 0 Å². The first-order valence-electron chi connectivity index (χ1n) is 4.41. The van der Waals surface area contributed by atoms with Gasteiger partial charge in [0.05, 0.1) is 0 Å². The second-order valence-corrected chi connectivity index (χ2v) is 5.29. The van der Waals surface area contributed by atoms with Crippen molar-refractivity contribution in [2.24, 2.45) is 11.1 Å². The zero-order chi connectivity index (χ0) is 10.1. The fourth-order valence-electron chi connectivity index (χ4n) is 1.62. The van der Waals surface area contributed by atoms with Crippen LogP contribution in [0.5, 0.6) is 0 Å². The van der Waals surface area contributed by atoms with E-state index < -0.39 is 0 Å². The maximum Gasteiger partial charge on any atom is 0.104 e. The van der Waals surface area contributed by atoms with E-state index in [4.69, 9.17) is 28.9 Å². The Balaban J connectivity index is 2.45. The highest BCUT2D eigenvalue weighted by atomic mass is 35.5. The number of hydrogen-bond acceptors (Lipinski definition) is 2. The lowest BCUT2D eigenvalue weighted by Crippen LogP contribution is -2.35. The molecular weight excluding hydrogens is 207 g/mol. The first kappa shape index (κ1) is 11.3. The second-order valence-electron chi connectivity index (χ2n) is 4.28. The molecule has 0 radical (unpaired) electrons. The summed E-state index contributed by atoms with van der Waals surface area (Å²) in [5.74, 6) is 0. The number of halogens is 2. The van der Waals surface area contributed by atoms with Crippen molar-refractivity contribution >= 4 is 23.2 Å². The standard InChI is InChI=1S/C9H16Cl2N2/c1-9(2)6-13(5-7(9)12)4-3-8(10)11/h3,7H,4-6,12H2,1-2H3. The quantitative estimate of drug-likeness (QED) is 0.775. The van der Waals surface area contributed by atoms with E-state index in [2.05, 4.69) is 18.7 Å². The summed E-state index contributed by atoms with van der Waals surface area (Å²) in [4.78, 5) is 2.26. The summed E-state index contributed by atoms with van der Waals surface area (Å²) >= 11 is 11.1. The summed E-state index contributed by atoms with van der Waals surface area (Å²) in [7, 11) is 0. The third kappa shape index (κ3) is 3.13. The van der Waals surface area contributed by atoms with Crippen LogP contribution in [0.15, 0.2) is 10.6 Å². The Bertz CT molecular complexity index is 210. The molecule has 2 N–H and O–H groups in total. The van der Waals surface area contributed by atoms with Gasteiger partial charge in [-0.3, -0.25) is 4.90 Å². The lowest BCUT2D eigenvalue weighted by Gasteiger charge is -2.21. The normalized spacial score (nSPS) is 27.6. The van der Waals surface area contributed by atoms with Crippen LogP contribution in [0.1, 0.15) is 13.8 Å². The Morgan fingerprint density at radius 1 is 1.62 bits per heavy atom. The van der Waals surface area contributed by atoms with E-state index in [9.17, 15) is 0 Å². The van der Waals surface area contributed by atoms with Crippen LogP contribution in [0.2, 0.25) is 0 Å². The Hall–Kier alpha value is 0.240. The Kier molecular flexibility index (Phi) is 3.64. The lowest BCUT2D eigenvalue weighted by molar-refractivity contribution is 0.308. The second kappa shape index (κ2) is 4.18. The van der Waals surface area contributed by atoms with Crippen molar-refractivity contribution in [2.75, 3.05) is 19.6 Å². The monoisotopic (exact) mass is 222 g/mol. The van der Waals surface area contributed by atoms with Crippen LogP contribution in [0, 0.1) is 5.41 Å². The van der Waals surface area contributed by atoms with E-state index in [-0.39, 0.29) is 11.5 Å². The Labute approximate surface area is 89.7 Å². The number of nitrogens with zero attached hydrogens (tertiary/aromatic N) is 1. The van der Waals surface area contributed by atoms with Crippen LogP contribution in [0.4, 0.5) is 0 Å². The molecule has 76 valence electrons. The third-order valence-corrected chi connectivity index (χ3v) is 2.90. The van der Waals surface area contributed by atoms with Crippen molar-refractivity contribution in [3.8, 4) is 0 Å². The van der Waals surface area contributed by atoms with E-state index in [0.29, 0.717) is 4.49 Å². The van der Waals surface area contributed by atoms with Gasteiger partial charge in [-0.05, 0) is 11.5 Å². The minimum absolute atomic E-state index is 0.201. The van der Waals surface area contributed by atoms with Gasteiger partial charge in [0.25, 0.3) is 0 Å². The molecule has 0 aromatic rings. The van der Waals surface area contributed by atoms with Gasteiger partial charge in [0.2, 0.25) is 0 Å². The molecule has 0 amide bonds. The fourth-order valence-corrected chi connectivity index (χ4v) is 1.76. The molecule has 0 spiro atoms. The van der Waals surface area contributed by atoms with Crippen LogP contribution in [-0.2, 0) is 0 Å². The Morgan fingerprint density at radius 2 is 2.23 bits per heavy atom. The van der Waals surface area contributed by atoms with Gasteiger partial charge in [0, 0.05) is 25.7 Å². The van der Waals surface area contributed by atoms with E-state index in [1.165, 1.54) is 0 Å². The molecule has 1 atom stereocenters. The summed E-state index contributed by atoms with van der Waals surface area (Å²) in [6, 6.07) is 0.245. The maximum absolute atomic E-state index is 5.98. The highest BCUT2D eigenvalue weighted by Gasteiger charge is 2.36. The molecule has 1 unspecified atom stereocenters. The maximum atomic E-state index is 5.98. The summed E-state index contributed by atoms with van der Waals surface area (Å²) < 4.78 is 0.332. The first-order valence-corrected chi connectivity index (χ1v) is 5.16. The van der Waals surface area contributed by atoms with E-state index >= 15 is 0 Å². The molecule has 0 aromatic heterocycles. The summed E-state index contributed by atoms with van der Waals surface area (Å²) in [5.41, 5.74) is 6.18. The number of nitrogens with two attached hydrogens (primary N) is 1. The predicted molar refractivity (Wildman–Crippen MR) is 58.0 cm³/mol. The average molecular weight is 223 g/mol. The SMILES string of the molecule is CC1(C)CN(CC=C(Cl)Cl)CC1N. The molecule has 2 nitrogen and oxygen atoms in total. The van der Waals surface area contributed by atoms with Crippen LogP contribution < -0.4 is 5.73 Å². The zero-order valence-corrected chi connectivity index (χ0v) is 9.57. The molecule has 1 aliphatic heterocycles. The van der Waals surface area contributed by atoms with E-state index in [1.807, 2.05) is 0 Å². The van der Waals surface area contributed by atoms with Crippen LogP contribution in [-0.4, -0.2) is 30.6 Å². The number of likely N-dealkylation sites (tertiary alicyclic amines) is 1. The summed E-state index contributed by atoms with van der Waals surface area (Å²) in [6.07, 6.45) is 1.80. The van der Waals surface area contributed by atoms with Crippen molar-refractivity contribution in [2.45, 2.75) is 19.9 Å². The van der Waals surface area contributed by atoms with E-state index in [0.717, 1.165) is 19.6 Å². The average Bonchev–Trinajstić information content (AvgIpc) is 2.22. The van der Waals surface area contributed by atoms with Gasteiger partial charge in [-0.15, -0.1) is 0 Å². The topological polar surface area (TPSA) is 29.3 Å². The number of rotatable bonds is 2. The smallest absolute Gasteiger partial charge is 0.104 e. The van der Waals surface area contributed by atoms with Crippen LogP contribution in [0.25, 0.3) is 0 Å². The fraction of sp³-hybridized carbons (Fsp3) is 0.778. The molecule has 1 fully saturated rings. The van der Waals surface area contributed by atoms with Gasteiger partial charge in [-0.1, -0.05) is 37.0 Å². The molecule has 4 heteroatoms. The molecule has 0 aliphatic carbocycles. The third-order valence-electron chi connectivity index (χ3n) is 2.59. The van der Waals surface area contributed by atoms with Gasteiger partial charge in [0.15, 0.2) is 0 Å². The predicted octanol–water partition coefficient (Wildman–Crippen LogP) is 1.97. The molecule has 0 bridgehead atoms. The van der Waals surface area contributed by atoms with Crippen LogP contribution in [0.3, 0.4) is 0 Å². The molecule has 13 heavy (non-hydrogen) atoms. The lowest BCUT2D eigenvalue weighted by atomic mass is 9.89. The highest BCUT2D eigenvalue weighted by molar-refractivity contribution is 6.55. The largest absolute Gasteiger partial charge is 0.326 e. The van der Waals surface area contributed by atoms with Crippen LogP contribution >= 0.6 is 23.2 Å². The minimum atomic E-state index is 0.201. The molecule has 1 aliphatic rings. The molecule has 0 saturated carbocycles. The number of hydrogen-bond donors (Lipinski definition) is 1. The van der Waals surface area contributed by atoms with Crippen molar-refractivity contribution in [1.82, 2.24) is 4.90 Å². The van der Waals surface area contributed by atoms with Gasteiger partial charge < -0.3 is 5.73 Å². The highest BCUT2D eigenvalue weighted by Crippen LogP contribution is 2.27. The van der Waals surface area contributed by atoms with Crippen molar-refractivity contribution in [3.63, 3.8) is 0 Å². The summed E-state index contributed by atoms with van der Waals surface area (Å²) in [6.45, 7) is 7.09. The van der Waals surface area contributed by atoms with Gasteiger partial charge in [-0.2, -0.15) is 0 Å². The zero-order valence-electron chi connectivity index (χ0n) is 8.06. The molecule has 0 aromatic carbocycles. The van der Waals surface area contributed by atoms with Crippen molar-refractivity contribution in [1.29, 1.82) is 0 Å². The summed E-state index contributed by atoms with van der Waals surface area (Å²) in [5, 5.41) is 0. The first-order chi connectivity index (χ1) is 5.92.